The number of hydrogen-bond donors (Lipinski definition) is 4. The molecule has 0 fully saturated rings. The Morgan fingerprint density at radius 2 is 0.549 bits per heavy atom. The van der Waals surface area contributed by atoms with Crippen LogP contribution in [0.2, 0.25) is 0 Å². The Bertz CT molecular complexity index is 1140. The first-order valence-corrected chi connectivity index (χ1v) is 16.2. The van der Waals surface area contributed by atoms with Crippen molar-refractivity contribution in [2.75, 3.05) is 24.9 Å². The lowest BCUT2D eigenvalue weighted by Gasteiger charge is -2.26. The third-order valence-corrected chi connectivity index (χ3v) is 7.48. The lowest BCUT2D eigenvalue weighted by atomic mass is 9.97. The van der Waals surface area contributed by atoms with Crippen LogP contribution < -0.4 is 12.3 Å². The Labute approximate surface area is 278 Å². The van der Waals surface area contributed by atoms with Crippen molar-refractivity contribution in [1.29, 1.82) is 0 Å². The zero-order valence-corrected chi connectivity index (χ0v) is 26.9. The van der Waals surface area contributed by atoms with Crippen molar-refractivity contribution >= 4 is 20.2 Å². The second kappa shape index (κ2) is 24.7. The first-order valence-electron chi connectivity index (χ1n) is 13.0. The van der Waals surface area contributed by atoms with Gasteiger partial charge in [0, 0.05) is 6.42 Å². The molecule has 0 radical (unpaired) electrons. The molecule has 0 saturated heterocycles. The van der Waals surface area contributed by atoms with E-state index < -0.39 is 156 Å². The van der Waals surface area contributed by atoms with Crippen molar-refractivity contribution < 1.29 is 109 Å². The Morgan fingerprint density at radius 3 is 0.745 bits per heavy atom. The number of hydrogen-bond acceptors (Lipinski definition) is 6. The molecule has 0 aliphatic rings. The van der Waals surface area contributed by atoms with Crippen molar-refractivity contribution in [3.8, 4) is 0 Å². The van der Waals surface area contributed by atoms with Gasteiger partial charge < -0.3 is 12.3 Å². The average molecular weight is 849 g/mol. The summed E-state index contributed by atoms with van der Waals surface area (Å²) >= 11 is 0. The predicted octanol–water partition coefficient (Wildman–Crippen LogP) is 6.15. The minimum atomic E-state index is -5.16. The van der Waals surface area contributed by atoms with Crippen LogP contribution in [0.5, 0.6) is 0 Å². The second-order valence-corrected chi connectivity index (χ2v) is 13.0. The zero-order valence-electron chi connectivity index (χ0n) is 25.3. The molecule has 0 aromatic carbocycles. The van der Waals surface area contributed by atoms with Gasteiger partial charge in [0.25, 0.3) is 20.2 Å². The Morgan fingerprint density at radius 1 is 0.353 bits per heavy atom. The molecule has 51 heavy (non-hydrogen) atoms. The summed E-state index contributed by atoms with van der Waals surface area (Å²) in [6.07, 6.45) is -62.6. The largest absolute Gasteiger partial charge is 0.344 e. The van der Waals surface area contributed by atoms with E-state index >= 15 is 0 Å². The molecule has 0 aromatic rings. The topological polar surface area (TPSA) is 179 Å². The molecule has 17 unspecified atom stereocenters. The predicted molar refractivity (Wildman–Crippen MR) is 143 cm³/mol. The van der Waals surface area contributed by atoms with E-state index in [0.29, 0.717) is 0 Å². The highest BCUT2D eigenvalue weighted by atomic mass is 32.2. The van der Waals surface area contributed by atoms with Crippen LogP contribution in [0.3, 0.4) is 0 Å². The molecule has 0 rings (SSSR count). The first-order chi connectivity index (χ1) is 22.1. The van der Waals surface area contributed by atoms with Gasteiger partial charge in [0.1, 0.15) is 24.4 Å². The normalized spacial score (nSPS) is 22.5. The van der Waals surface area contributed by atoms with Gasteiger partial charge in [-0.05, 0) is 0 Å². The lowest BCUT2D eigenvalue weighted by molar-refractivity contribution is -0.0542. The molecule has 0 aromatic heterocycles. The van der Waals surface area contributed by atoms with E-state index in [1.54, 1.807) is 0 Å². The lowest BCUT2D eigenvalue weighted by Crippen LogP contribution is -2.48. The molecule has 0 aliphatic carbocycles. The second-order valence-electron chi connectivity index (χ2n) is 9.97. The Balaban J connectivity index is -0.000000417. The molecule has 0 aliphatic heterocycles. The maximum absolute atomic E-state index is 13.3. The van der Waals surface area contributed by atoms with Crippen molar-refractivity contribution in [2.24, 2.45) is 0 Å². The van der Waals surface area contributed by atoms with Crippen molar-refractivity contribution in [1.82, 2.24) is 12.3 Å². The Hall–Kier alpha value is -1.59. The van der Waals surface area contributed by atoms with Gasteiger partial charge in [0.05, 0.1) is 6.67 Å². The van der Waals surface area contributed by atoms with E-state index in [2.05, 4.69) is 0 Å². The van der Waals surface area contributed by atoms with Gasteiger partial charge in [0.2, 0.25) is 0 Å². The molecule has 314 valence electrons. The van der Waals surface area contributed by atoms with Gasteiger partial charge in [-0.15, -0.1) is 0 Å². The van der Waals surface area contributed by atoms with Crippen LogP contribution >= 0.6 is 0 Å². The van der Waals surface area contributed by atoms with Crippen LogP contribution in [0.25, 0.3) is 0 Å². The SMILES string of the molecule is N.N.O=S(=O)(O)CC(F)C(F)C(F)C(F)C(F)C(F)C(F)C(F)C(F)CF.O=S(=O)(O)CC(F)C(F)C(F)C(F)C(F)C(F)C(F)C(F)CCF. The van der Waals surface area contributed by atoms with Gasteiger partial charge in [-0.2, -0.15) is 16.8 Å². The van der Waals surface area contributed by atoms with Crippen molar-refractivity contribution in [2.45, 2.75) is 111 Å². The molecule has 0 spiro atoms. The van der Waals surface area contributed by atoms with Gasteiger partial charge in [-0.1, -0.05) is 0 Å². The molecular weight excluding hydrogens is 813 g/mol. The Kier molecular flexibility index (Phi) is 27.2. The molecular formula is C22H35F19N2O6S2. The fourth-order valence-corrected chi connectivity index (χ4v) is 4.49. The monoisotopic (exact) mass is 848 g/mol. The number of halogens is 19. The minimum absolute atomic E-state index is 0. The molecule has 29 heteroatoms. The highest BCUT2D eigenvalue weighted by Gasteiger charge is 2.50. The average Bonchev–Trinajstić information content (AvgIpc) is 3.01. The molecule has 17 atom stereocenters. The summed E-state index contributed by atoms with van der Waals surface area (Å²) in [5, 5.41) is 0. The molecule has 8 N–H and O–H groups in total. The molecule has 0 amide bonds. The van der Waals surface area contributed by atoms with E-state index in [0.717, 1.165) is 0 Å². The summed E-state index contributed by atoms with van der Waals surface area (Å²) in [6, 6.07) is 0. The van der Waals surface area contributed by atoms with Crippen LogP contribution in [-0.4, -0.2) is 156 Å². The van der Waals surface area contributed by atoms with E-state index in [1.165, 1.54) is 0 Å². The van der Waals surface area contributed by atoms with E-state index in [4.69, 9.17) is 9.11 Å². The molecule has 0 bridgehead atoms. The summed E-state index contributed by atoms with van der Waals surface area (Å²) in [4.78, 5) is 0. The van der Waals surface area contributed by atoms with Crippen molar-refractivity contribution in [3.05, 3.63) is 0 Å². The molecule has 8 nitrogen and oxygen atoms in total. The van der Waals surface area contributed by atoms with Crippen LogP contribution in [0.4, 0.5) is 83.4 Å². The van der Waals surface area contributed by atoms with Crippen LogP contribution in [0.15, 0.2) is 0 Å². The third kappa shape index (κ3) is 19.3. The summed E-state index contributed by atoms with van der Waals surface area (Å²) < 4.78 is 304. The third-order valence-electron chi connectivity index (χ3n) is 6.00. The van der Waals surface area contributed by atoms with Crippen LogP contribution in [-0.2, 0) is 20.2 Å². The molecule has 0 heterocycles. The quantitative estimate of drug-likeness (QED) is 0.0741. The highest BCUT2D eigenvalue weighted by molar-refractivity contribution is 7.86. The van der Waals surface area contributed by atoms with E-state index in [9.17, 15) is 100 Å². The summed E-state index contributed by atoms with van der Waals surface area (Å²) in [7, 11) is -10.3. The van der Waals surface area contributed by atoms with E-state index in [1.807, 2.05) is 0 Å². The van der Waals surface area contributed by atoms with Gasteiger partial charge in [-0.25, -0.2) is 79.0 Å². The van der Waals surface area contributed by atoms with Gasteiger partial charge >= 0.3 is 0 Å². The summed E-state index contributed by atoms with van der Waals surface area (Å²) in [5.74, 6) is -4.01. The maximum atomic E-state index is 13.3. The number of alkyl halides is 19. The van der Waals surface area contributed by atoms with Gasteiger partial charge in [0.15, 0.2) is 98.7 Å². The maximum Gasteiger partial charge on any atom is 0.267 e. The van der Waals surface area contributed by atoms with Crippen molar-refractivity contribution in [3.63, 3.8) is 0 Å². The van der Waals surface area contributed by atoms with Crippen LogP contribution in [0, 0.1) is 0 Å². The standard InChI is InChI=1S/C11H14F10O3S.C11H15F9O3S.2H3N/c12-1-3(13)5(15)7(17)9(19)11(21)10(20)8(18)6(16)4(14)2-25(22,23)24;12-2-1-4(13)6(15)8(17)10(19)11(20)9(18)7(16)5(14)3-24(21,22)23;;/h3-11H,1-2H2,(H,22,23,24);4-11H,1-3H2,(H,21,22,23);2*1H3. The smallest absolute Gasteiger partial charge is 0.267 e. The minimum Gasteiger partial charge on any atom is -0.344 e. The summed E-state index contributed by atoms with van der Waals surface area (Å²) in [6.45, 7) is -3.57. The fourth-order valence-electron chi connectivity index (χ4n) is 3.31. The highest BCUT2D eigenvalue weighted by Crippen LogP contribution is 2.30. The first kappa shape index (κ1) is 56.2. The summed E-state index contributed by atoms with van der Waals surface area (Å²) in [5.41, 5.74) is 0. The van der Waals surface area contributed by atoms with Gasteiger partial charge in [-0.3, -0.25) is 13.5 Å². The van der Waals surface area contributed by atoms with E-state index in [-0.39, 0.29) is 12.3 Å². The van der Waals surface area contributed by atoms with Crippen LogP contribution in [0.1, 0.15) is 6.42 Å². The fraction of sp³-hybridized carbons (Fsp3) is 1.00. The molecule has 0 saturated carbocycles. The zero-order chi connectivity index (χ0) is 39.4. The number of rotatable bonds is 22.